The second-order valence-electron chi connectivity index (χ2n) is 5.16. The van der Waals surface area contributed by atoms with Crippen molar-refractivity contribution in [3.63, 3.8) is 0 Å². The highest BCUT2D eigenvalue weighted by Crippen LogP contribution is 2.21. The van der Waals surface area contributed by atoms with E-state index in [9.17, 15) is 14.3 Å². The van der Waals surface area contributed by atoms with Crippen molar-refractivity contribution in [1.82, 2.24) is 4.90 Å². The van der Waals surface area contributed by atoms with Crippen LogP contribution < -0.4 is 0 Å². The van der Waals surface area contributed by atoms with Gasteiger partial charge in [0.15, 0.2) is 5.78 Å². The highest BCUT2D eigenvalue weighted by molar-refractivity contribution is 5.94. The van der Waals surface area contributed by atoms with Crippen LogP contribution in [0.2, 0.25) is 0 Å². The molecule has 4 heteroatoms. The predicted octanol–water partition coefficient (Wildman–Crippen LogP) is 3.37. The Morgan fingerprint density at radius 2 is 1.81 bits per heavy atom. The molecule has 0 atom stereocenters. The summed E-state index contributed by atoms with van der Waals surface area (Å²) in [5.74, 6) is -0.153. The van der Waals surface area contributed by atoms with Gasteiger partial charge in [-0.3, -0.25) is 9.69 Å². The first-order valence-electron chi connectivity index (χ1n) is 6.72. The molecule has 0 heterocycles. The maximum absolute atomic E-state index is 13.6. The van der Waals surface area contributed by atoms with Gasteiger partial charge in [-0.15, -0.1) is 0 Å². The van der Waals surface area contributed by atoms with E-state index in [0.717, 1.165) is 0 Å². The average Bonchev–Trinajstić information content (AvgIpc) is 2.43. The number of phenols is 1. The third kappa shape index (κ3) is 3.89. The smallest absolute Gasteiger partial charge is 0.159 e. The maximum atomic E-state index is 13.6. The standard InChI is InChI=1S/C17H18FNO2/c1-12(20)13-7-8-17(21)15(9-13)11-19(2)10-14-5-3-4-6-16(14)18/h3-9,21H,10-11H2,1-2H3. The lowest BCUT2D eigenvalue weighted by atomic mass is 10.1. The van der Waals surface area contributed by atoms with E-state index < -0.39 is 0 Å². The molecule has 0 saturated heterocycles. The molecular weight excluding hydrogens is 269 g/mol. The van der Waals surface area contributed by atoms with Crippen molar-refractivity contribution < 1.29 is 14.3 Å². The molecule has 0 fully saturated rings. The third-order valence-corrected chi connectivity index (χ3v) is 3.32. The maximum Gasteiger partial charge on any atom is 0.159 e. The summed E-state index contributed by atoms with van der Waals surface area (Å²) in [4.78, 5) is 13.3. The van der Waals surface area contributed by atoms with Gasteiger partial charge in [-0.2, -0.15) is 0 Å². The Kier molecular flexibility index (Phi) is 4.70. The second kappa shape index (κ2) is 6.50. The van der Waals surface area contributed by atoms with Crippen LogP contribution >= 0.6 is 0 Å². The Morgan fingerprint density at radius 3 is 2.48 bits per heavy atom. The SMILES string of the molecule is CC(=O)c1ccc(O)c(CN(C)Cc2ccccc2F)c1. The van der Waals surface area contributed by atoms with Gasteiger partial charge in [0, 0.05) is 29.8 Å². The van der Waals surface area contributed by atoms with Crippen LogP contribution in [0.15, 0.2) is 42.5 Å². The van der Waals surface area contributed by atoms with Crippen LogP contribution in [0.25, 0.3) is 0 Å². The normalized spacial score (nSPS) is 10.9. The number of nitrogens with zero attached hydrogens (tertiary/aromatic N) is 1. The average molecular weight is 287 g/mol. The molecule has 21 heavy (non-hydrogen) atoms. The summed E-state index contributed by atoms with van der Waals surface area (Å²) in [6.07, 6.45) is 0. The molecule has 0 aliphatic rings. The van der Waals surface area contributed by atoms with Crippen molar-refractivity contribution in [3.05, 3.63) is 65.0 Å². The van der Waals surface area contributed by atoms with E-state index in [1.54, 1.807) is 30.3 Å². The summed E-state index contributed by atoms with van der Waals surface area (Å²) in [5, 5.41) is 9.87. The van der Waals surface area contributed by atoms with Crippen LogP contribution in [-0.4, -0.2) is 22.8 Å². The Labute approximate surface area is 123 Å². The van der Waals surface area contributed by atoms with Crippen LogP contribution in [0.3, 0.4) is 0 Å². The highest BCUT2D eigenvalue weighted by atomic mass is 19.1. The van der Waals surface area contributed by atoms with Gasteiger partial charge in [0.1, 0.15) is 11.6 Å². The van der Waals surface area contributed by atoms with E-state index in [1.807, 2.05) is 11.9 Å². The zero-order chi connectivity index (χ0) is 15.4. The first-order valence-corrected chi connectivity index (χ1v) is 6.72. The van der Waals surface area contributed by atoms with Crippen LogP contribution in [-0.2, 0) is 13.1 Å². The highest BCUT2D eigenvalue weighted by Gasteiger charge is 2.10. The molecule has 0 aromatic heterocycles. The molecule has 0 spiro atoms. The Balaban J connectivity index is 2.12. The molecule has 0 amide bonds. The molecule has 2 aromatic rings. The minimum atomic E-state index is -0.244. The van der Waals surface area contributed by atoms with Gasteiger partial charge in [-0.05, 0) is 38.2 Å². The van der Waals surface area contributed by atoms with Gasteiger partial charge >= 0.3 is 0 Å². The summed E-state index contributed by atoms with van der Waals surface area (Å²) in [5.41, 5.74) is 1.81. The molecule has 3 nitrogen and oxygen atoms in total. The number of rotatable bonds is 5. The lowest BCUT2D eigenvalue weighted by Gasteiger charge is -2.18. The van der Waals surface area contributed by atoms with E-state index in [4.69, 9.17) is 0 Å². The molecule has 0 bridgehead atoms. The number of carbonyl (C=O) groups excluding carboxylic acids is 1. The van der Waals surface area contributed by atoms with Gasteiger partial charge in [0.2, 0.25) is 0 Å². The van der Waals surface area contributed by atoms with Crippen LogP contribution in [0, 0.1) is 5.82 Å². The van der Waals surface area contributed by atoms with Crippen LogP contribution in [0.4, 0.5) is 4.39 Å². The van der Waals surface area contributed by atoms with E-state index >= 15 is 0 Å². The van der Waals surface area contributed by atoms with Crippen LogP contribution in [0.1, 0.15) is 28.4 Å². The van der Waals surface area contributed by atoms with Crippen molar-refractivity contribution in [2.45, 2.75) is 20.0 Å². The third-order valence-electron chi connectivity index (χ3n) is 3.32. The fourth-order valence-corrected chi connectivity index (χ4v) is 2.20. The predicted molar refractivity (Wildman–Crippen MR) is 79.7 cm³/mol. The molecule has 0 unspecified atom stereocenters. The Hall–Kier alpha value is -2.20. The molecule has 110 valence electrons. The fourth-order valence-electron chi connectivity index (χ4n) is 2.20. The Morgan fingerprint density at radius 1 is 1.14 bits per heavy atom. The van der Waals surface area contributed by atoms with Gasteiger partial charge in [0.05, 0.1) is 0 Å². The zero-order valence-corrected chi connectivity index (χ0v) is 12.1. The van der Waals surface area contributed by atoms with Crippen molar-refractivity contribution >= 4 is 5.78 Å². The molecule has 0 aliphatic heterocycles. The van der Waals surface area contributed by atoms with Crippen molar-refractivity contribution in [2.75, 3.05) is 7.05 Å². The largest absolute Gasteiger partial charge is 0.508 e. The minimum Gasteiger partial charge on any atom is -0.508 e. The fraction of sp³-hybridized carbons (Fsp3) is 0.235. The van der Waals surface area contributed by atoms with E-state index in [-0.39, 0.29) is 17.3 Å². The van der Waals surface area contributed by atoms with Gasteiger partial charge < -0.3 is 5.11 Å². The monoisotopic (exact) mass is 287 g/mol. The molecule has 0 aliphatic carbocycles. The topological polar surface area (TPSA) is 40.5 Å². The summed E-state index contributed by atoms with van der Waals surface area (Å²) < 4.78 is 13.6. The number of hydrogen-bond acceptors (Lipinski definition) is 3. The number of halogens is 1. The number of hydrogen-bond donors (Lipinski definition) is 1. The summed E-state index contributed by atoms with van der Waals surface area (Å²) in [6, 6.07) is 11.4. The zero-order valence-electron chi connectivity index (χ0n) is 12.1. The number of aromatic hydroxyl groups is 1. The van der Waals surface area contributed by atoms with Crippen molar-refractivity contribution in [3.8, 4) is 5.75 Å². The molecule has 2 rings (SSSR count). The lowest BCUT2D eigenvalue weighted by Crippen LogP contribution is -2.18. The van der Waals surface area contributed by atoms with Gasteiger partial charge in [0.25, 0.3) is 0 Å². The number of Topliss-reactive ketones (excluding diaryl/α,β-unsaturated/α-hetero) is 1. The molecule has 1 N–H and O–H groups in total. The van der Waals surface area contributed by atoms with E-state index in [0.29, 0.717) is 29.8 Å². The van der Waals surface area contributed by atoms with E-state index in [1.165, 1.54) is 19.1 Å². The second-order valence-corrected chi connectivity index (χ2v) is 5.16. The van der Waals surface area contributed by atoms with Gasteiger partial charge in [-0.1, -0.05) is 18.2 Å². The van der Waals surface area contributed by atoms with E-state index in [2.05, 4.69) is 0 Å². The van der Waals surface area contributed by atoms with Crippen LogP contribution in [0.5, 0.6) is 5.75 Å². The van der Waals surface area contributed by atoms with Gasteiger partial charge in [-0.25, -0.2) is 4.39 Å². The summed E-state index contributed by atoms with van der Waals surface area (Å²) >= 11 is 0. The van der Waals surface area contributed by atoms with Crippen molar-refractivity contribution in [1.29, 1.82) is 0 Å². The quantitative estimate of drug-likeness (QED) is 0.857. The molecular formula is C17H18FNO2. The number of carbonyl (C=O) groups is 1. The Bertz CT molecular complexity index is 655. The number of benzene rings is 2. The molecule has 2 aromatic carbocycles. The number of phenolic OH excluding ortho intramolecular Hbond substituents is 1. The van der Waals surface area contributed by atoms with Crippen molar-refractivity contribution in [2.24, 2.45) is 0 Å². The lowest BCUT2D eigenvalue weighted by molar-refractivity contribution is 0.101. The number of ketones is 1. The molecule has 0 radical (unpaired) electrons. The summed E-state index contributed by atoms with van der Waals surface area (Å²) in [7, 11) is 1.84. The first kappa shape index (κ1) is 15.2. The first-order chi connectivity index (χ1) is 9.97. The summed E-state index contributed by atoms with van der Waals surface area (Å²) in [6.45, 7) is 2.34. The minimum absolute atomic E-state index is 0.0481. The molecule has 0 saturated carbocycles.